The van der Waals surface area contributed by atoms with Crippen molar-refractivity contribution in [2.45, 2.75) is 13.0 Å². The van der Waals surface area contributed by atoms with Crippen molar-refractivity contribution in [3.63, 3.8) is 0 Å². The molecule has 0 aliphatic carbocycles. The van der Waals surface area contributed by atoms with Gasteiger partial charge < -0.3 is 4.90 Å². The van der Waals surface area contributed by atoms with Gasteiger partial charge in [0.05, 0.1) is 13.0 Å². The monoisotopic (exact) mass is 224 g/mol. The highest BCUT2D eigenvalue weighted by molar-refractivity contribution is 6.29. The van der Waals surface area contributed by atoms with E-state index in [-0.39, 0.29) is 24.7 Å². The smallest absolute Gasteiger partial charge is 0.230 e. The molecule has 0 saturated carbocycles. The SMILES string of the molecule is O=C1CC(=O)N(Cc2ccc(Cl)nc2)C1. The number of amides is 1. The fourth-order valence-electron chi connectivity index (χ4n) is 1.50. The molecule has 78 valence electrons. The van der Waals surface area contributed by atoms with Crippen LogP contribution in [0.5, 0.6) is 0 Å². The van der Waals surface area contributed by atoms with Crippen LogP contribution in [-0.4, -0.2) is 28.1 Å². The average molecular weight is 225 g/mol. The molecule has 1 saturated heterocycles. The summed E-state index contributed by atoms with van der Waals surface area (Å²) in [6, 6.07) is 3.46. The van der Waals surface area contributed by atoms with Crippen LogP contribution in [0.4, 0.5) is 0 Å². The second-order valence-corrected chi connectivity index (χ2v) is 3.84. The van der Waals surface area contributed by atoms with Crippen LogP contribution < -0.4 is 0 Å². The largest absolute Gasteiger partial charge is 0.331 e. The van der Waals surface area contributed by atoms with E-state index in [1.54, 1.807) is 18.3 Å². The molecule has 0 spiro atoms. The lowest BCUT2D eigenvalue weighted by Gasteiger charge is -2.13. The van der Waals surface area contributed by atoms with Gasteiger partial charge in [-0.2, -0.15) is 0 Å². The van der Waals surface area contributed by atoms with Crippen molar-refractivity contribution in [2.75, 3.05) is 6.54 Å². The van der Waals surface area contributed by atoms with Gasteiger partial charge in [0.25, 0.3) is 0 Å². The van der Waals surface area contributed by atoms with Crippen LogP contribution in [0, 0.1) is 0 Å². The molecule has 1 aromatic heterocycles. The number of halogens is 1. The number of carbonyl (C=O) groups is 2. The summed E-state index contributed by atoms with van der Waals surface area (Å²) in [7, 11) is 0. The van der Waals surface area contributed by atoms with Gasteiger partial charge in [-0.05, 0) is 11.6 Å². The summed E-state index contributed by atoms with van der Waals surface area (Å²) in [5.41, 5.74) is 0.877. The fraction of sp³-hybridized carbons (Fsp3) is 0.300. The fourth-order valence-corrected chi connectivity index (χ4v) is 1.61. The van der Waals surface area contributed by atoms with Crippen molar-refractivity contribution in [1.82, 2.24) is 9.88 Å². The van der Waals surface area contributed by atoms with E-state index in [2.05, 4.69) is 4.98 Å². The van der Waals surface area contributed by atoms with Gasteiger partial charge in [-0.3, -0.25) is 9.59 Å². The van der Waals surface area contributed by atoms with E-state index in [1.807, 2.05) is 0 Å². The van der Waals surface area contributed by atoms with Crippen molar-refractivity contribution < 1.29 is 9.59 Å². The van der Waals surface area contributed by atoms with Crippen LogP contribution >= 0.6 is 11.6 Å². The van der Waals surface area contributed by atoms with Crippen LogP contribution in [0.15, 0.2) is 18.3 Å². The molecule has 2 rings (SSSR count). The Bertz CT molecular complexity index is 402. The van der Waals surface area contributed by atoms with Crippen LogP contribution in [0.25, 0.3) is 0 Å². The number of aromatic nitrogens is 1. The van der Waals surface area contributed by atoms with Gasteiger partial charge in [0.2, 0.25) is 5.91 Å². The van der Waals surface area contributed by atoms with Gasteiger partial charge in [0.15, 0.2) is 5.78 Å². The van der Waals surface area contributed by atoms with Gasteiger partial charge in [-0.15, -0.1) is 0 Å². The van der Waals surface area contributed by atoms with Crippen LogP contribution in [-0.2, 0) is 16.1 Å². The molecule has 0 bridgehead atoms. The zero-order valence-electron chi connectivity index (χ0n) is 7.94. The second kappa shape index (κ2) is 3.98. The zero-order chi connectivity index (χ0) is 10.8. The molecule has 4 nitrogen and oxygen atoms in total. The van der Waals surface area contributed by atoms with Crippen molar-refractivity contribution >= 4 is 23.3 Å². The highest BCUT2D eigenvalue weighted by Crippen LogP contribution is 2.12. The van der Waals surface area contributed by atoms with Gasteiger partial charge in [0.1, 0.15) is 5.15 Å². The number of Topliss-reactive ketones (excluding diaryl/α,β-unsaturated/α-hetero) is 1. The Morgan fingerprint density at radius 1 is 1.40 bits per heavy atom. The van der Waals surface area contributed by atoms with Crippen LogP contribution in [0.3, 0.4) is 0 Å². The number of hydrogen-bond donors (Lipinski definition) is 0. The van der Waals surface area contributed by atoms with E-state index < -0.39 is 0 Å². The van der Waals surface area contributed by atoms with Gasteiger partial charge in [-0.1, -0.05) is 17.7 Å². The number of nitrogens with zero attached hydrogens (tertiary/aromatic N) is 2. The molecule has 0 aromatic carbocycles. The summed E-state index contributed by atoms with van der Waals surface area (Å²) in [6.07, 6.45) is 1.64. The summed E-state index contributed by atoms with van der Waals surface area (Å²) < 4.78 is 0. The highest BCUT2D eigenvalue weighted by Gasteiger charge is 2.27. The molecular formula is C10H9ClN2O2. The highest BCUT2D eigenvalue weighted by atomic mass is 35.5. The third kappa shape index (κ3) is 2.33. The van der Waals surface area contributed by atoms with Gasteiger partial charge >= 0.3 is 0 Å². The lowest BCUT2D eigenvalue weighted by Crippen LogP contribution is -2.24. The Labute approximate surface area is 91.9 Å². The summed E-state index contributed by atoms with van der Waals surface area (Å²) in [4.78, 5) is 27.8. The van der Waals surface area contributed by atoms with Crippen LogP contribution in [0.2, 0.25) is 5.15 Å². The lowest BCUT2D eigenvalue weighted by atomic mass is 10.3. The number of ketones is 1. The summed E-state index contributed by atoms with van der Waals surface area (Å²) in [6.45, 7) is 0.635. The maximum absolute atomic E-state index is 11.3. The minimum atomic E-state index is -0.116. The minimum absolute atomic E-state index is 0.0260. The molecule has 5 heteroatoms. The average Bonchev–Trinajstić information content (AvgIpc) is 2.49. The number of rotatable bonds is 2. The Morgan fingerprint density at radius 2 is 2.20 bits per heavy atom. The first-order chi connectivity index (χ1) is 7.15. The van der Waals surface area contributed by atoms with Crippen molar-refractivity contribution in [3.05, 3.63) is 29.0 Å². The molecule has 1 amide bonds. The summed E-state index contributed by atoms with van der Waals surface area (Å²) in [5, 5.41) is 0.419. The molecule has 1 aliphatic rings. The standard InChI is InChI=1S/C10H9ClN2O2/c11-9-2-1-7(4-12-9)5-13-6-8(14)3-10(13)15/h1-2,4H,3,5-6H2. The van der Waals surface area contributed by atoms with E-state index in [0.717, 1.165) is 5.56 Å². The topological polar surface area (TPSA) is 50.3 Å². The van der Waals surface area contributed by atoms with E-state index >= 15 is 0 Å². The first-order valence-electron chi connectivity index (χ1n) is 4.55. The van der Waals surface area contributed by atoms with E-state index in [9.17, 15) is 9.59 Å². The van der Waals surface area contributed by atoms with Gasteiger partial charge in [0, 0.05) is 12.7 Å². The number of hydrogen-bond acceptors (Lipinski definition) is 3. The normalized spacial score (nSPS) is 16.2. The van der Waals surface area contributed by atoms with Crippen LogP contribution in [0.1, 0.15) is 12.0 Å². The predicted molar refractivity (Wildman–Crippen MR) is 54.3 cm³/mol. The molecule has 1 aromatic rings. The molecular weight excluding hydrogens is 216 g/mol. The summed E-state index contributed by atoms with van der Waals surface area (Å²) in [5.74, 6) is -0.142. The van der Waals surface area contributed by atoms with Crippen molar-refractivity contribution in [2.24, 2.45) is 0 Å². The third-order valence-electron chi connectivity index (χ3n) is 2.23. The second-order valence-electron chi connectivity index (χ2n) is 3.45. The van der Waals surface area contributed by atoms with E-state index in [1.165, 1.54) is 4.90 Å². The maximum Gasteiger partial charge on any atom is 0.230 e. The first-order valence-corrected chi connectivity index (χ1v) is 4.93. The molecule has 1 aliphatic heterocycles. The van der Waals surface area contributed by atoms with E-state index in [4.69, 9.17) is 11.6 Å². The Morgan fingerprint density at radius 3 is 2.73 bits per heavy atom. The number of likely N-dealkylation sites (tertiary alicyclic amines) is 1. The molecule has 0 N–H and O–H groups in total. The predicted octanol–water partition coefficient (Wildman–Crippen LogP) is 1.04. The molecule has 2 heterocycles. The molecule has 0 atom stereocenters. The van der Waals surface area contributed by atoms with Crippen molar-refractivity contribution in [1.29, 1.82) is 0 Å². The molecule has 0 radical (unpaired) electrons. The Hall–Kier alpha value is -1.42. The molecule has 1 fully saturated rings. The number of pyridine rings is 1. The molecule has 0 unspecified atom stereocenters. The quantitative estimate of drug-likeness (QED) is 0.557. The Balaban J connectivity index is 2.06. The lowest BCUT2D eigenvalue weighted by molar-refractivity contribution is -0.128. The summed E-state index contributed by atoms with van der Waals surface area (Å²) >= 11 is 5.63. The van der Waals surface area contributed by atoms with E-state index in [0.29, 0.717) is 11.7 Å². The van der Waals surface area contributed by atoms with Gasteiger partial charge in [-0.25, -0.2) is 4.98 Å². The van der Waals surface area contributed by atoms with Crippen molar-refractivity contribution in [3.8, 4) is 0 Å². The number of carbonyl (C=O) groups excluding carboxylic acids is 2. The zero-order valence-corrected chi connectivity index (χ0v) is 8.70. The minimum Gasteiger partial charge on any atom is -0.331 e. The third-order valence-corrected chi connectivity index (χ3v) is 2.45. The maximum atomic E-state index is 11.3. The molecule has 15 heavy (non-hydrogen) atoms. The Kier molecular flexibility index (Phi) is 2.68. The first kappa shape index (κ1) is 10.1.